The number of halogens is 1. The van der Waals surface area contributed by atoms with Gasteiger partial charge >= 0.3 is 0 Å². The third-order valence-electron chi connectivity index (χ3n) is 3.46. The van der Waals surface area contributed by atoms with Gasteiger partial charge in [0.15, 0.2) is 5.96 Å². The summed E-state index contributed by atoms with van der Waals surface area (Å²) in [6, 6.07) is 10.4. The average Bonchev–Trinajstić information content (AvgIpc) is 3.09. The van der Waals surface area contributed by atoms with Gasteiger partial charge in [0.2, 0.25) is 5.91 Å². The Morgan fingerprint density at radius 1 is 1.24 bits per heavy atom. The molecule has 1 heterocycles. The highest BCUT2D eigenvalue weighted by Gasteiger charge is 2.06. The minimum atomic E-state index is -0.282. The predicted molar refractivity (Wildman–Crippen MR) is 100 cm³/mol. The first-order valence-electron chi connectivity index (χ1n) is 8.04. The second-order valence-electron chi connectivity index (χ2n) is 5.69. The van der Waals surface area contributed by atoms with E-state index in [1.165, 1.54) is 21.9 Å². The molecule has 0 atom stereocenters. The van der Waals surface area contributed by atoms with Gasteiger partial charge in [0.25, 0.3) is 0 Å². The molecule has 25 heavy (non-hydrogen) atoms. The third-order valence-corrected chi connectivity index (χ3v) is 4.39. The van der Waals surface area contributed by atoms with E-state index < -0.39 is 0 Å². The summed E-state index contributed by atoms with van der Waals surface area (Å²) in [5.74, 6) is 0.213. The highest BCUT2D eigenvalue weighted by molar-refractivity contribution is 7.09. The van der Waals surface area contributed by atoms with Gasteiger partial charge in [0.1, 0.15) is 5.82 Å². The lowest BCUT2D eigenvalue weighted by atomic mass is 10.2. The second kappa shape index (κ2) is 9.78. The van der Waals surface area contributed by atoms with E-state index in [1.807, 2.05) is 17.5 Å². The monoisotopic (exact) mass is 362 g/mol. The minimum absolute atomic E-state index is 0.0430. The molecule has 0 fully saturated rings. The number of guanidine groups is 1. The smallest absolute Gasteiger partial charge is 0.241 e. The van der Waals surface area contributed by atoms with Crippen molar-refractivity contribution in [1.82, 2.24) is 15.5 Å². The molecule has 2 N–H and O–H groups in total. The molecule has 0 bridgehead atoms. The van der Waals surface area contributed by atoms with Gasteiger partial charge in [0.05, 0.1) is 13.1 Å². The molecule has 5 nitrogen and oxygen atoms in total. The molecule has 0 aliphatic carbocycles. The van der Waals surface area contributed by atoms with Gasteiger partial charge in [-0.25, -0.2) is 9.38 Å². The van der Waals surface area contributed by atoms with Crippen molar-refractivity contribution in [3.63, 3.8) is 0 Å². The van der Waals surface area contributed by atoms with E-state index in [2.05, 4.69) is 21.7 Å². The highest BCUT2D eigenvalue weighted by atomic mass is 32.1. The molecule has 2 rings (SSSR count). The van der Waals surface area contributed by atoms with E-state index >= 15 is 0 Å². The lowest BCUT2D eigenvalue weighted by Gasteiger charge is -2.15. The average molecular weight is 362 g/mol. The van der Waals surface area contributed by atoms with Crippen LogP contribution in [0.4, 0.5) is 4.39 Å². The standard InChI is InChI=1S/C18H23FN4OS/c1-23(2)17(24)13-22-18(20-9-8-16-7-4-10-25-16)21-12-14-5-3-6-15(19)11-14/h3-7,10-11H,8-9,12-13H2,1-2H3,(H2,20,21,22). The van der Waals surface area contributed by atoms with Crippen LogP contribution in [0.15, 0.2) is 46.8 Å². The quantitative estimate of drug-likeness (QED) is 0.587. The van der Waals surface area contributed by atoms with Crippen LogP contribution in [0.1, 0.15) is 10.4 Å². The van der Waals surface area contributed by atoms with Crippen LogP contribution < -0.4 is 10.6 Å². The zero-order valence-electron chi connectivity index (χ0n) is 14.5. The van der Waals surface area contributed by atoms with Crippen molar-refractivity contribution < 1.29 is 9.18 Å². The number of carbonyl (C=O) groups excluding carboxylic acids is 1. The van der Waals surface area contributed by atoms with Crippen LogP contribution in [0.25, 0.3) is 0 Å². The molecular formula is C18H23FN4OS. The first-order chi connectivity index (χ1) is 12.0. The molecule has 0 aliphatic rings. The van der Waals surface area contributed by atoms with Crippen LogP contribution in [0.2, 0.25) is 0 Å². The first-order valence-corrected chi connectivity index (χ1v) is 8.91. The van der Waals surface area contributed by atoms with Crippen molar-refractivity contribution >= 4 is 23.2 Å². The van der Waals surface area contributed by atoms with Gasteiger partial charge < -0.3 is 15.5 Å². The van der Waals surface area contributed by atoms with Crippen LogP contribution in [-0.2, 0) is 17.8 Å². The number of hydrogen-bond donors (Lipinski definition) is 2. The number of nitrogens with one attached hydrogen (secondary N) is 2. The van der Waals surface area contributed by atoms with Gasteiger partial charge in [-0.15, -0.1) is 11.3 Å². The number of thiophene rings is 1. The van der Waals surface area contributed by atoms with Crippen molar-refractivity contribution in [2.75, 3.05) is 27.2 Å². The number of benzene rings is 1. The van der Waals surface area contributed by atoms with Crippen molar-refractivity contribution in [2.45, 2.75) is 13.0 Å². The molecule has 1 aromatic carbocycles. The molecule has 0 spiro atoms. The van der Waals surface area contributed by atoms with Gasteiger partial charge in [-0.3, -0.25) is 4.79 Å². The molecule has 0 unspecified atom stereocenters. The Hall–Kier alpha value is -2.41. The molecular weight excluding hydrogens is 339 g/mol. The molecule has 1 amide bonds. The molecule has 0 saturated carbocycles. The number of nitrogens with zero attached hydrogens (tertiary/aromatic N) is 2. The lowest BCUT2D eigenvalue weighted by Crippen LogP contribution is -2.43. The van der Waals surface area contributed by atoms with Crippen molar-refractivity contribution in [3.05, 3.63) is 58.0 Å². The van der Waals surface area contributed by atoms with Crippen LogP contribution >= 0.6 is 11.3 Å². The molecule has 7 heteroatoms. The summed E-state index contributed by atoms with van der Waals surface area (Å²) in [5, 5.41) is 8.29. The van der Waals surface area contributed by atoms with Crippen LogP contribution in [0.5, 0.6) is 0 Å². The number of aliphatic imine (C=N–C) groups is 1. The largest absolute Gasteiger partial charge is 0.356 e. The summed E-state index contributed by atoms with van der Waals surface area (Å²) < 4.78 is 13.3. The summed E-state index contributed by atoms with van der Waals surface area (Å²) in [6.45, 7) is 1.19. The topological polar surface area (TPSA) is 56.7 Å². The summed E-state index contributed by atoms with van der Waals surface area (Å²) in [5.41, 5.74) is 0.776. The summed E-state index contributed by atoms with van der Waals surface area (Å²) in [6.07, 6.45) is 0.875. The van der Waals surface area contributed by atoms with Gasteiger partial charge in [-0.1, -0.05) is 18.2 Å². The Balaban J connectivity index is 1.94. The summed E-state index contributed by atoms with van der Waals surface area (Å²) in [4.78, 5) is 19.0. The minimum Gasteiger partial charge on any atom is -0.356 e. The summed E-state index contributed by atoms with van der Waals surface area (Å²) >= 11 is 1.71. The molecule has 134 valence electrons. The first kappa shape index (κ1) is 18.9. The predicted octanol–water partition coefficient (Wildman–Crippen LogP) is 2.25. The van der Waals surface area contributed by atoms with E-state index in [0.717, 1.165) is 12.0 Å². The van der Waals surface area contributed by atoms with Crippen molar-refractivity contribution in [3.8, 4) is 0 Å². The SMILES string of the molecule is CN(C)C(=O)CNC(=NCc1cccc(F)c1)NCCc1cccs1. The Morgan fingerprint density at radius 3 is 2.76 bits per heavy atom. The molecule has 0 radical (unpaired) electrons. The molecule has 0 saturated heterocycles. The molecule has 1 aromatic heterocycles. The Bertz CT molecular complexity index is 701. The Kier molecular flexibility index (Phi) is 7.40. The number of amides is 1. The fourth-order valence-electron chi connectivity index (χ4n) is 2.06. The van der Waals surface area contributed by atoms with Crippen LogP contribution in [0, 0.1) is 5.82 Å². The van der Waals surface area contributed by atoms with Crippen molar-refractivity contribution in [2.24, 2.45) is 4.99 Å². The maximum atomic E-state index is 13.3. The maximum Gasteiger partial charge on any atom is 0.241 e. The number of likely N-dealkylation sites (N-methyl/N-ethyl adjacent to an activating group) is 1. The fourth-order valence-corrected chi connectivity index (χ4v) is 2.77. The second-order valence-corrected chi connectivity index (χ2v) is 6.72. The van der Waals surface area contributed by atoms with E-state index in [9.17, 15) is 9.18 Å². The highest BCUT2D eigenvalue weighted by Crippen LogP contribution is 2.08. The number of carbonyl (C=O) groups is 1. The van der Waals surface area contributed by atoms with Gasteiger partial charge in [-0.05, 0) is 35.6 Å². The Labute approximate surface area is 151 Å². The van der Waals surface area contributed by atoms with Crippen LogP contribution in [-0.4, -0.2) is 44.0 Å². The number of rotatable bonds is 7. The maximum absolute atomic E-state index is 13.3. The zero-order valence-corrected chi connectivity index (χ0v) is 15.3. The lowest BCUT2D eigenvalue weighted by molar-refractivity contribution is -0.127. The van der Waals surface area contributed by atoms with E-state index in [-0.39, 0.29) is 18.3 Å². The normalized spacial score (nSPS) is 11.2. The Morgan fingerprint density at radius 2 is 2.08 bits per heavy atom. The van der Waals surface area contributed by atoms with Crippen LogP contribution in [0.3, 0.4) is 0 Å². The molecule has 2 aromatic rings. The van der Waals surface area contributed by atoms with Gasteiger partial charge in [-0.2, -0.15) is 0 Å². The fraction of sp³-hybridized carbons (Fsp3) is 0.333. The molecule has 0 aliphatic heterocycles. The van der Waals surface area contributed by atoms with E-state index in [1.54, 1.807) is 31.5 Å². The third kappa shape index (κ3) is 6.93. The van der Waals surface area contributed by atoms with E-state index in [4.69, 9.17) is 0 Å². The van der Waals surface area contributed by atoms with Gasteiger partial charge in [0, 0.05) is 25.5 Å². The number of hydrogen-bond acceptors (Lipinski definition) is 3. The summed E-state index contributed by atoms with van der Waals surface area (Å²) in [7, 11) is 3.41. The van der Waals surface area contributed by atoms with Crippen molar-refractivity contribution in [1.29, 1.82) is 0 Å². The zero-order chi connectivity index (χ0) is 18.1. The van der Waals surface area contributed by atoms with E-state index in [0.29, 0.717) is 19.0 Å².